The van der Waals surface area contributed by atoms with Crippen LogP contribution in [0.4, 0.5) is 8.78 Å². The SMILES string of the molecule is CCn1ncnc1CNC(=O)C1COCCN1CC(F)F. The van der Waals surface area contributed by atoms with E-state index >= 15 is 0 Å². The predicted octanol–water partition coefficient (Wildman–Crippen LogP) is -0.120. The van der Waals surface area contributed by atoms with Crippen LogP contribution < -0.4 is 5.32 Å². The van der Waals surface area contributed by atoms with E-state index in [-0.39, 0.29) is 19.1 Å². The Labute approximate surface area is 121 Å². The van der Waals surface area contributed by atoms with E-state index in [9.17, 15) is 13.6 Å². The lowest BCUT2D eigenvalue weighted by Gasteiger charge is -2.34. The molecule has 0 aliphatic carbocycles. The Bertz CT molecular complexity index is 468. The molecule has 1 aromatic heterocycles. The highest BCUT2D eigenvalue weighted by atomic mass is 19.3. The van der Waals surface area contributed by atoms with E-state index in [1.54, 1.807) is 4.68 Å². The van der Waals surface area contributed by atoms with Crippen LogP contribution in [-0.4, -0.2) is 64.3 Å². The number of halogens is 2. The summed E-state index contributed by atoms with van der Waals surface area (Å²) in [5.74, 6) is 0.295. The van der Waals surface area contributed by atoms with Gasteiger partial charge in [-0.15, -0.1) is 0 Å². The predicted molar refractivity (Wildman–Crippen MR) is 69.7 cm³/mol. The van der Waals surface area contributed by atoms with Crippen LogP contribution in [0.5, 0.6) is 0 Å². The standard InChI is InChI=1S/C12H19F2N5O2/c1-2-19-11(16-8-17-19)5-15-12(20)9-7-21-4-3-18(9)6-10(13)14/h8-10H,2-7H2,1H3,(H,15,20). The van der Waals surface area contributed by atoms with Crippen LogP contribution in [0.25, 0.3) is 0 Å². The van der Waals surface area contributed by atoms with Crippen molar-refractivity contribution in [3.63, 3.8) is 0 Å². The van der Waals surface area contributed by atoms with Gasteiger partial charge in [0, 0.05) is 13.1 Å². The Kier molecular flexibility index (Phi) is 5.57. The first kappa shape index (κ1) is 15.8. The fourth-order valence-electron chi connectivity index (χ4n) is 2.25. The Balaban J connectivity index is 1.91. The minimum atomic E-state index is -2.47. The van der Waals surface area contributed by atoms with Crippen molar-refractivity contribution < 1.29 is 18.3 Å². The number of aromatic nitrogens is 3. The van der Waals surface area contributed by atoms with E-state index in [2.05, 4.69) is 15.4 Å². The van der Waals surface area contributed by atoms with E-state index in [0.29, 0.717) is 25.5 Å². The Morgan fingerprint density at radius 3 is 3.14 bits per heavy atom. The molecule has 0 saturated carbocycles. The molecule has 1 aromatic rings. The zero-order chi connectivity index (χ0) is 15.2. The molecule has 1 amide bonds. The third-order valence-corrected chi connectivity index (χ3v) is 3.33. The van der Waals surface area contributed by atoms with Crippen LogP contribution in [0.15, 0.2) is 6.33 Å². The molecule has 7 nitrogen and oxygen atoms in total. The summed E-state index contributed by atoms with van der Waals surface area (Å²) in [6.07, 6.45) is -1.06. The average molecular weight is 303 g/mol. The van der Waals surface area contributed by atoms with Crippen LogP contribution in [0.2, 0.25) is 0 Å². The van der Waals surface area contributed by atoms with E-state index < -0.39 is 19.0 Å². The molecule has 21 heavy (non-hydrogen) atoms. The molecular formula is C12H19F2N5O2. The van der Waals surface area contributed by atoms with Crippen molar-refractivity contribution in [2.45, 2.75) is 32.5 Å². The molecule has 2 heterocycles. The summed E-state index contributed by atoms with van der Waals surface area (Å²) in [5, 5.41) is 6.70. The van der Waals surface area contributed by atoms with Gasteiger partial charge in [-0.1, -0.05) is 0 Å². The normalized spacial score (nSPS) is 19.9. The molecule has 1 fully saturated rings. The third kappa shape index (κ3) is 4.18. The highest BCUT2D eigenvalue weighted by molar-refractivity contribution is 5.81. The minimum absolute atomic E-state index is 0.124. The second kappa shape index (κ2) is 7.41. The Morgan fingerprint density at radius 1 is 1.62 bits per heavy atom. The van der Waals surface area contributed by atoms with Gasteiger partial charge in [0.2, 0.25) is 5.91 Å². The fraction of sp³-hybridized carbons (Fsp3) is 0.750. The maximum atomic E-state index is 12.5. The van der Waals surface area contributed by atoms with Gasteiger partial charge in [0.1, 0.15) is 18.2 Å². The molecule has 0 aromatic carbocycles. The van der Waals surface area contributed by atoms with Gasteiger partial charge in [-0.3, -0.25) is 9.69 Å². The highest BCUT2D eigenvalue weighted by Gasteiger charge is 2.31. The molecule has 118 valence electrons. The third-order valence-electron chi connectivity index (χ3n) is 3.33. The maximum Gasteiger partial charge on any atom is 0.251 e. The first-order valence-electron chi connectivity index (χ1n) is 6.86. The number of hydrogen-bond acceptors (Lipinski definition) is 5. The topological polar surface area (TPSA) is 72.3 Å². The lowest BCUT2D eigenvalue weighted by molar-refractivity contribution is -0.134. The van der Waals surface area contributed by atoms with Crippen LogP contribution >= 0.6 is 0 Å². The first-order valence-corrected chi connectivity index (χ1v) is 6.86. The van der Waals surface area contributed by atoms with E-state index in [1.165, 1.54) is 11.2 Å². The van der Waals surface area contributed by atoms with E-state index in [4.69, 9.17) is 4.74 Å². The summed E-state index contributed by atoms with van der Waals surface area (Å²) in [6, 6.07) is -0.689. The first-order chi connectivity index (χ1) is 10.1. The number of nitrogens with zero attached hydrogens (tertiary/aromatic N) is 4. The molecular weight excluding hydrogens is 284 g/mol. The van der Waals surface area contributed by atoms with Crippen molar-refractivity contribution in [3.8, 4) is 0 Å². The molecule has 1 N–H and O–H groups in total. The number of ether oxygens (including phenoxy) is 1. The molecule has 2 rings (SSSR count). The summed E-state index contributed by atoms with van der Waals surface area (Å²) in [6.45, 7) is 3.17. The molecule has 1 aliphatic heterocycles. The maximum absolute atomic E-state index is 12.5. The highest BCUT2D eigenvalue weighted by Crippen LogP contribution is 2.10. The van der Waals surface area contributed by atoms with Gasteiger partial charge in [-0.2, -0.15) is 5.10 Å². The number of nitrogens with one attached hydrogen (secondary N) is 1. The summed E-state index contributed by atoms with van der Waals surface area (Å²) < 4.78 is 31.9. The summed E-state index contributed by atoms with van der Waals surface area (Å²) in [4.78, 5) is 17.6. The lowest BCUT2D eigenvalue weighted by atomic mass is 10.2. The van der Waals surface area contributed by atoms with Crippen molar-refractivity contribution in [2.24, 2.45) is 0 Å². The van der Waals surface area contributed by atoms with Crippen LogP contribution in [-0.2, 0) is 22.6 Å². The van der Waals surface area contributed by atoms with Gasteiger partial charge in [-0.05, 0) is 6.92 Å². The van der Waals surface area contributed by atoms with Crippen molar-refractivity contribution in [2.75, 3.05) is 26.3 Å². The van der Waals surface area contributed by atoms with Gasteiger partial charge in [-0.25, -0.2) is 18.4 Å². The van der Waals surface area contributed by atoms with Crippen molar-refractivity contribution >= 4 is 5.91 Å². The summed E-state index contributed by atoms with van der Waals surface area (Å²) in [5.41, 5.74) is 0. The van der Waals surface area contributed by atoms with Gasteiger partial charge >= 0.3 is 0 Å². The summed E-state index contributed by atoms with van der Waals surface area (Å²) in [7, 11) is 0. The van der Waals surface area contributed by atoms with Crippen molar-refractivity contribution in [1.82, 2.24) is 25.0 Å². The molecule has 1 atom stereocenters. The van der Waals surface area contributed by atoms with Crippen LogP contribution in [0, 0.1) is 0 Å². The molecule has 1 aliphatic rings. The van der Waals surface area contributed by atoms with Gasteiger partial charge in [0.25, 0.3) is 6.43 Å². The molecule has 0 radical (unpaired) electrons. The number of carbonyl (C=O) groups is 1. The van der Waals surface area contributed by atoms with Crippen molar-refractivity contribution in [1.29, 1.82) is 0 Å². The van der Waals surface area contributed by atoms with Crippen molar-refractivity contribution in [3.05, 3.63) is 12.2 Å². The lowest BCUT2D eigenvalue weighted by Crippen LogP contribution is -2.54. The second-order valence-electron chi connectivity index (χ2n) is 4.69. The molecule has 1 saturated heterocycles. The Morgan fingerprint density at radius 2 is 2.43 bits per heavy atom. The number of hydrogen-bond donors (Lipinski definition) is 1. The monoisotopic (exact) mass is 303 g/mol. The molecule has 1 unspecified atom stereocenters. The molecule has 0 spiro atoms. The number of carbonyl (C=O) groups excluding carboxylic acids is 1. The van der Waals surface area contributed by atoms with Gasteiger partial charge in [0.05, 0.1) is 26.3 Å². The minimum Gasteiger partial charge on any atom is -0.378 e. The van der Waals surface area contributed by atoms with E-state index in [0.717, 1.165) is 0 Å². The molecule has 9 heteroatoms. The second-order valence-corrected chi connectivity index (χ2v) is 4.69. The summed E-state index contributed by atoms with van der Waals surface area (Å²) >= 11 is 0. The Hall–Kier alpha value is -1.61. The van der Waals surface area contributed by atoms with E-state index in [1.807, 2.05) is 6.92 Å². The number of rotatable bonds is 6. The quantitative estimate of drug-likeness (QED) is 0.793. The van der Waals surface area contributed by atoms with Gasteiger partial charge in [0.15, 0.2) is 0 Å². The number of aryl methyl sites for hydroxylation is 1. The average Bonchev–Trinajstić information content (AvgIpc) is 2.92. The number of alkyl halides is 2. The fourth-order valence-corrected chi connectivity index (χ4v) is 2.25. The van der Waals surface area contributed by atoms with Gasteiger partial charge < -0.3 is 10.1 Å². The largest absolute Gasteiger partial charge is 0.378 e. The molecule has 0 bridgehead atoms. The van der Waals surface area contributed by atoms with Crippen LogP contribution in [0.3, 0.4) is 0 Å². The number of morpholine rings is 1. The smallest absolute Gasteiger partial charge is 0.251 e. The van der Waals surface area contributed by atoms with Crippen LogP contribution in [0.1, 0.15) is 12.7 Å². The zero-order valence-electron chi connectivity index (χ0n) is 11.8. The number of amides is 1. The zero-order valence-corrected chi connectivity index (χ0v) is 11.8.